The van der Waals surface area contributed by atoms with Gasteiger partial charge in [0.2, 0.25) is 0 Å². The van der Waals surface area contributed by atoms with E-state index in [2.05, 4.69) is 62.9 Å². The molecule has 0 atom stereocenters. The molecule has 0 aliphatic carbocycles. The Morgan fingerprint density at radius 2 is 1.58 bits per heavy atom. The summed E-state index contributed by atoms with van der Waals surface area (Å²) in [6, 6.07) is 21.1. The number of hydrogen-bond acceptors (Lipinski definition) is 3. The third kappa shape index (κ3) is 6.43. The van der Waals surface area contributed by atoms with E-state index in [-0.39, 0.29) is 13.2 Å². The highest BCUT2D eigenvalue weighted by atomic mass is 16.5. The molecule has 0 amide bonds. The monoisotopic (exact) mass is 442 g/mol. The number of carbonyl (C=O) groups is 1. The molecule has 3 nitrogen and oxygen atoms in total. The number of benzene rings is 3. The van der Waals surface area contributed by atoms with Crippen molar-refractivity contribution in [2.75, 3.05) is 0 Å². The van der Waals surface area contributed by atoms with Gasteiger partial charge in [-0.15, -0.1) is 0 Å². The van der Waals surface area contributed by atoms with Crippen LogP contribution in [0.4, 0.5) is 0 Å². The van der Waals surface area contributed by atoms with Crippen molar-refractivity contribution in [3.63, 3.8) is 0 Å². The Bertz CT molecular complexity index is 1110. The Kier molecular flexibility index (Phi) is 8.62. The van der Waals surface area contributed by atoms with Crippen molar-refractivity contribution in [2.45, 2.75) is 59.7 Å². The topological polar surface area (TPSA) is 46.5 Å². The van der Waals surface area contributed by atoms with Crippen LogP contribution >= 0.6 is 0 Å². The highest BCUT2D eigenvalue weighted by Crippen LogP contribution is 2.32. The Morgan fingerprint density at radius 3 is 2.21 bits per heavy atom. The number of esters is 1. The van der Waals surface area contributed by atoms with Crippen LogP contribution in [0.2, 0.25) is 0 Å². The van der Waals surface area contributed by atoms with Crippen LogP contribution in [-0.4, -0.2) is 11.1 Å². The summed E-state index contributed by atoms with van der Waals surface area (Å²) < 4.78 is 5.41. The number of aryl methyl sites for hydroxylation is 2. The van der Waals surface area contributed by atoms with E-state index < -0.39 is 5.97 Å². The summed E-state index contributed by atoms with van der Waals surface area (Å²) in [5.74, 6) is -0.416. The van der Waals surface area contributed by atoms with Crippen molar-refractivity contribution < 1.29 is 14.6 Å². The van der Waals surface area contributed by atoms with Crippen LogP contribution < -0.4 is 0 Å². The molecule has 3 rings (SSSR count). The zero-order valence-electron chi connectivity index (χ0n) is 20.0. The highest BCUT2D eigenvalue weighted by molar-refractivity contribution is 5.87. The molecule has 1 N–H and O–H groups in total. The zero-order chi connectivity index (χ0) is 23.8. The molecular formula is C30H34O3. The largest absolute Gasteiger partial charge is 0.457 e. The van der Waals surface area contributed by atoms with Crippen LogP contribution in [0, 0.1) is 6.92 Å². The number of aliphatic hydroxyl groups is 1. The van der Waals surface area contributed by atoms with Crippen LogP contribution in [0.5, 0.6) is 0 Å². The van der Waals surface area contributed by atoms with Crippen molar-refractivity contribution in [3.8, 4) is 22.3 Å². The van der Waals surface area contributed by atoms with Gasteiger partial charge in [-0.3, -0.25) is 0 Å². The molecule has 0 heterocycles. The minimum absolute atomic E-state index is 0.0614. The first-order valence-corrected chi connectivity index (χ1v) is 11.7. The molecule has 0 radical (unpaired) electrons. The summed E-state index contributed by atoms with van der Waals surface area (Å²) >= 11 is 0. The standard InChI is InChI=1S/C30H34O3/c1-5-6-7-8-23-9-12-25(13-10-23)26-14-16-28(22(4)17-26)29-15-11-24(19-31)18-27(29)20-33-30(32)21(2)3/h9-18,31H,2,5-8,19-20H2,1,3-4H3. The third-order valence-electron chi connectivity index (χ3n) is 5.93. The Balaban J connectivity index is 1.86. The van der Waals surface area contributed by atoms with Crippen LogP contribution in [0.25, 0.3) is 22.3 Å². The maximum absolute atomic E-state index is 11.9. The van der Waals surface area contributed by atoms with Crippen molar-refractivity contribution in [1.29, 1.82) is 0 Å². The normalized spacial score (nSPS) is 10.8. The van der Waals surface area contributed by atoms with Gasteiger partial charge in [0.05, 0.1) is 6.61 Å². The molecule has 0 unspecified atom stereocenters. The molecule has 0 saturated carbocycles. The van der Waals surface area contributed by atoms with E-state index >= 15 is 0 Å². The highest BCUT2D eigenvalue weighted by Gasteiger charge is 2.13. The van der Waals surface area contributed by atoms with Gasteiger partial charge in [-0.2, -0.15) is 0 Å². The minimum Gasteiger partial charge on any atom is -0.457 e. The van der Waals surface area contributed by atoms with E-state index in [1.165, 1.54) is 36.0 Å². The first-order chi connectivity index (χ1) is 15.9. The van der Waals surface area contributed by atoms with Crippen LogP contribution in [-0.2, 0) is 29.2 Å². The molecule has 0 saturated heterocycles. The SMILES string of the molecule is C=C(C)C(=O)OCc1cc(CO)ccc1-c1ccc(-c2ccc(CCCCC)cc2)cc1C. The second kappa shape index (κ2) is 11.6. The molecule has 33 heavy (non-hydrogen) atoms. The fourth-order valence-corrected chi connectivity index (χ4v) is 3.98. The zero-order valence-corrected chi connectivity index (χ0v) is 20.0. The van der Waals surface area contributed by atoms with Gasteiger partial charge in [-0.25, -0.2) is 4.79 Å². The maximum atomic E-state index is 11.9. The Labute approximate surface area is 197 Å². The summed E-state index contributed by atoms with van der Waals surface area (Å²) in [7, 11) is 0. The molecular weight excluding hydrogens is 408 g/mol. The van der Waals surface area contributed by atoms with E-state index in [1.54, 1.807) is 6.92 Å². The number of hydrogen-bond donors (Lipinski definition) is 1. The summed E-state index contributed by atoms with van der Waals surface area (Å²) in [6.07, 6.45) is 4.89. The molecule has 3 aromatic carbocycles. The first kappa shape index (κ1) is 24.5. The second-order valence-electron chi connectivity index (χ2n) is 8.69. The Hall–Kier alpha value is -3.17. The number of ether oxygens (including phenoxy) is 1. The Morgan fingerprint density at radius 1 is 0.909 bits per heavy atom. The molecule has 0 fully saturated rings. The van der Waals surface area contributed by atoms with Gasteiger partial charge in [-0.1, -0.05) is 80.9 Å². The smallest absolute Gasteiger partial charge is 0.333 e. The number of rotatable bonds is 10. The lowest BCUT2D eigenvalue weighted by Crippen LogP contribution is -2.06. The lowest BCUT2D eigenvalue weighted by Gasteiger charge is -2.15. The number of aliphatic hydroxyl groups excluding tert-OH is 1. The van der Waals surface area contributed by atoms with E-state index in [4.69, 9.17) is 4.74 Å². The van der Waals surface area contributed by atoms with Crippen molar-refractivity contribution >= 4 is 5.97 Å². The average Bonchev–Trinajstić information content (AvgIpc) is 2.83. The van der Waals surface area contributed by atoms with E-state index in [9.17, 15) is 9.90 Å². The summed E-state index contributed by atoms with van der Waals surface area (Å²) in [5.41, 5.74) is 9.01. The first-order valence-electron chi connectivity index (χ1n) is 11.7. The quantitative estimate of drug-likeness (QED) is 0.206. The van der Waals surface area contributed by atoms with Gasteiger partial charge in [0.15, 0.2) is 0 Å². The molecule has 0 aliphatic heterocycles. The predicted molar refractivity (Wildman–Crippen MR) is 136 cm³/mol. The van der Waals surface area contributed by atoms with Crippen molar-refractivity contribution in [1.82, 2.24) is 0 Å². The van der Waals surface area contributed by atoms with E-state index in [0.717, 1.165) is 34.2 Å². The molecule has 0 aliphatic rings. The molecule has 0 bridgehead atoms. The molecule has 0 spiro atoms. The predicted octanol–water partition coefficient (Wildman–Crippen LogP) is 7.17. The lowest BCUT2D eigenvalue weighted by molar-refractivity contribution is -0.140. The van der Waals surface area contributed by atoms with Gasteiger partial charge >= 0.3 is 5.97 Å². The van der Waals surface area contributed by atoms with Crippen molar-refractivity contribution in [3.05, 3.63) is 95.1 Å². The van der Waals surface area contributed by atoms with Crippen LogP contribution in [0.15, 0.2) is 72.8 Å². The molecule has 172 valence electrons. The molecule has 3 aromatic rings. The lowest BCUT2D eigenvalue weighted by atomic mass is 9.92. The van der Waals surface area contributed by atoms with Gasteiger partial charge in [-0.05, 0) is 77.3 Å². The average molecular weight is 443 g/mol. The summed E-state index contributed by atoms with van der Waals surface area (Å²) in [5, 5.41) is 9.56. The van der Waals surface area contributed by atoms with Crippen molar-refractivity contribution in [2.24, 2.45) is 0 Å². The van der Waals surface area contributed by atoms with Gasteiger partial charge < -0.3 is 9.84 Å². The number of carbonyl (C=O) groups excluding carboxylic acids is 1. The summed E-state index contributed by atoms with van der Waals surface area (Å²) in [4.78, 5) is 11.9. The molecule has 3 heteroatoms. The third-order valence-corrected chi connectivity index (χ3v) is 5.93. The van der Waals surface area contributed by atoms with E-state index in [0.29, 0.717) is 5.57 Å². The second-order valence-corrected chi connectivity index (χ2v) is 8.69. The fourth-order valence-electron chi connectivity index (χ4n) is 3.98. The number of unbranched alkanes of at least 4 members (excludes halogenated alkanes) is 2. The van der Waals surface area contributed by atoms with Crippen LogP contribution in [0.1, 0.15) is 55.4 Å². The minimum atomic E-state index is -0.416. The van der Waals surface area contributed by atoms with Crippen LogP contribution in [0.3, 0.4) is 0 Å². The fraction of sp³-hybridized carbons (Fsp3) is 0.300. The van der Waals surface area contributed by atoms with E-state index in [1.807, 2.05) is 18.2 Å². The maximum Gasteiger partial charge on any atom is 0.333 e. The summed E-state index contributed by atoms with van der Waals surface area (Å²) in [6.45, 7) is 9.68. The van der Waals surface area contributed by atoms with Gasteiger partial charge in [0.1, 0.15) is 6.61 Å². The van der Waals surface area contributed by atoms with Gasteiger partial charge in [0.25, 0.3) is 0 Å². The molecule has 0 aromatic heterocycles. The van der Waals surface area contributed by atoms with Gasteiger partial charge in [0, 0.05) is 5.57 Å².